The summed E-state index contributed by atoms with van der Waals surface area (Å²) in [5.74, 6) is -2.86. The predicted octanol–water partition coefficient (Wildman–Crippen LogP) is 0.214. The monoisotopic (exact) mass is 446 g/mol. The predicted molar refractivity (Wildman–Crippen MR) is 118 cm³/mol. The van der Waals surface area contributed by atoms with Crippen LogP contribution in [-0.4, -0.2) is 51.0 Å². The van der Waals surface area contributed by atoms with Crippen LogP contribution < -0.4 is 16.0 Å². The number of hydrogen-bond donors (Lipinski definition) is 3. The van der Waals surface area contributed by atoms with Crippen LogP contribution in [0.15, 0.2) is 73.3 Å². The molecule has 1 aromatic carbocycles. The van der Waals surface area contributed by atoms with Gasteiger partial charge in [0, 0.05) is 25.0 Å². The van der Waals surface area contributed by atoms with Crippen LogP contribution in [-0.2, 0) is 27.3 Å². The van der Waals surface area contributed by atoms with Gasteiger partial charge in [-0.3, -0.25) is 29.1 Å². The third-order valence-corrected chi connectivity index (χ3v) is 4.52. The first-order valence-electron chi connectivity index (χ1n) is 10.1. The number of pyridine rings is 1. The molecule has 10 heteroatoms. The van der Waals surface area contributed by atoms with E-state index < -0.39 is 36.1 Å². The molecule has 168 valence electrons. The fraction of sp³-hybridized carbons (Fsp3) is 0.174. The molecular weight excluding hydrogens is 424 g/mol. The van der Waals surface area contributed by atoms with E-state index in [4.69, 9.17) is 0 Å². The molecule has 0 saturated carbocycles. The Morgan fingerprint density at radius 2 is 1.64 bits per heavy atom. The molecule has 10 nitrogen and oxygen atoms in total. The number of benzene rings is 1. The number of hydrogen-bond acceptors (Lipinski definition) is 7. The van der Waals surface area contributed by atoms with Gasteiger partial charge in [0.25, 0.3) is 11.8 Å². The van der Waals surface area contributed by atoms with E-state index in [1.807, 2.05) is 6.07 Å². The Kier molecular flexibility index (Phi) is 8.29. The maximum Gasteiger partial charge on any atom is 0.289 e. The normalized spacial score (nSPS) is 11.2. The first kappa shape index (κ1) is 23.2. The molecule has 33 heavy (non-hydrogen) atoms. The number of nitrogens with one attached hydrogen (secondary N) is 3. The van der Waals surface area contributed by atoms with Crippen molar-refractivity contribution in [1.29, 1.82) is 0 Å². The molecular formula is C23H22N6O4. The average Bonchev–Trinajstić information content (AvgIpc) is 2.86. The Bertz CT molecular complexity index is 1090. The number of aromatic nitrogens is 3. The molecule has 0 radical (unpaired) electrons. The highest BCUT2D eigenvalue weighted by Gasteiger charge is 2.27. The Labute approximate surface area is 189 Å². The van der Waals surface area contributed by atoms with Crippen LogP contribution in [0.25, 0.3) is 0 Å². The molecule has 0 spiro atoms. The number of Topliss-reactive ketones (excluding diaryl/α,β-unsaturated/α-hetero) is 1. The minimum atomic E-state index is -1.11. The van der Waals surface area contributed by atoms with Crippen LogP contribution in [0.2, 0.25) is 0 Å². The summed E-state index contributed by atoms with van der Waals surface area (Å²) < 4.78 is 0. The number of amides is 3. The molecule has 0 bridgehead atoms. The number of rotatable bonds is 10. The van der Waals surface area contributed by atoms with Crippen LogP contribution >= 0.6 is 0 Å². The van der Waals surface area contributed by atoms with Crippen molar-refractivity contribution < 1.29 is 19.2 Å². The van der Waals surface area contributed by atoms with Crippen LogP contribution in [0.4, 0.5) is 0 Å². The summed E-state index contributed by atoms with van der Waals surface area (Å²) >= 11 is 0. The first-order valence-corrected chi connectivity index (χ1v) is 10.1. The highest BCUT2D eigenvalue weighted by molar-refractivity contribution is 6.38. The zero-order valence-corrected chi connectivity index (χ0v) is 17.6. The lowest BCUT2D eigenvalue weighted by Gasteiger charge is -2.18. The van der Waals surface area contributed by atoms with Gasteiger partial charge < -0.3 is 16.0 Å². The molecule has 0 fully saturated rings. The van der Waals surface area contributed by atoms with Gasteiger partial charge in [0.2, 0.25) is 11.7 Å². The van der Waals surface area contributed by atoms with Gasteiger partial charge in [0.1, 0.15) is 11.7 Å². The van der Waals surface area contributed by atoms with E-state index in [1.54, 1.807) is 48.7 Å². The summed E-state index contributed by atoms with van der Waals surface area (Å²) in [6.07, 6.45) is 5.73. The third-order valence-electron chi connectivity index (χ3n) is 4.52. The molecule has 0 saturated heterocycles. The molecule has 3 aromatic rings. The largest absolute Gasteiger partial charge is 0.344 e. The van der Waals surface area contributed by atoms with Gasteiger partial charge in [0.15, 0.2) is 0 Å². The highest BCUT2D eigenvalue weighted by Crippen LogP contribution is 2.05. The lowest BCUT2D eigenvalue weighted by atomic mass is 10.0. The summed E-state index contributed by atoms with van der Waals surface area (Å²) in [6.45, 7) is -0.324. The second-order valence-corrected chi connectivity index (χ2v) is 6.95. The summed E-state index contributed by atoms with van der Waals surface area (Å²) in [6, 6.07) is 13.1. The van der Waals surface area contributed by atoms with E-state index in [1.165, 1.54) is 18.6 Å². The molecule has 1 atom stereocenters. The van der Waals surface area contributed by atoms with Gasteiger partial charge in [0.05, 0.1) is 25.0 Å². The van der Waals surface area contributed by atoms with Crippen molar-refractivity contribution in [3.05, 3.63) is 90.3 Å². The summed E-state index contributed by atoms with van der Waals surface area (Å²) in [7, 11) is 0. The standard InChI is InChI=1S/C23H22N6O4/c30-20(15-28-22(32)19-14-24-10-11-26-19)29-18(12-16-6-2-1-3-7-16)21(31)23(33)27-13-17-8-4-5-9-25-17/h1-11,14,18H,12-13,15H2,(H,27,33)(H,28,32)(H,29,30)/t18-/m1/s1. The summed E-state index contributed by atoms with van der Waals surface area (Å²) in [5.41, 5.74) is 1.41. The molecule has 2 aromatic heterocycles. The smallest absolute Gasteiger partial charge is 0.289 e. The second-order valence-electron chi connectivity index (χ2n) is 6.95. The highest BCUT2D eigenvalue weighted by atomic mass is 16.2. The Morgan fingerprint density at radius 1 is 0.848 bits per heavy atom. The first-order chi connectivity index (χ1) is 16.0. The Hall–Kier alpha value is -4.47. The topological polar surface area (TPSA) is 143 Å². The molecule has 3 amide bonds. The van der Waals surface area contributed by atoms with Crippen LogP contribution in [0.5, 0.6) is 0 Å². The van der Waals surface area contributed by atoms with Gasteiger partial charge in [-0.2, -0.15) is 0 Å². The summed E-state index contributed by atoms with van der Waals surface area (Å²) in [5, 5.41) is 7.47. The van der Waals surface area contributed by atoms with Gasteiger partial charge in [-0.15, -0.1) is 0 Å². The van der Waals surface area contributed by atoms with Crippen molar-refractivity contribution in [2.45, 2.75) is 19.0 Å². The van der Waals surface area contributed by atoms with E-state index >= 15 is 0 Å². The Balaban J connectivity index is 1.61. The number of ketones is 1. The van der Waals surface area contributed by atoms with Crippen LogP contribution in [0.3, 0.4) is 0 Å². The van der Waals surface area contributed by atoms with Crippen molar-refractivity contribution in [3.8, 4) is 0 Å². The number of carbonyl (C=O) groups is 4. The minimum absolute atomic E-state index is 0.0520. The minimum Gasteiger partial charge on any atom is -0.344 e. The van der Waals surface area contributed by atoms with E-state index in [0.29, 0.717) is 5.69 Å². The summed E-state index contributed by atoms with van der Waals surface area (Å²) in [4.78, 5) is 61.5. The molecule has 3 N–H and O–H groups in total. The Morgan fingerprint density at radius 3 is 2.33 bits per heavy atom. The van der Waals surface area contributed by atoms with Gasteiger partial charge in [-0.25, -0.2) is 4.98 Å². The molecule has 3 rings (SSSR count). The molecule has 0 aliphatic rings. The zero-order valence-electron chi connectivity index (χ0n) is 17.6. The maximum atomic E-state index is 12.8. The van der Waals surface area contributed by atoms with E-state index in [0.717, 1.165) is 5.56 Å². The van der Waals surface area contributed by atoms with Gasteiger partial charge >= 0.3 is 0 Å². The van der Waals surface area contributed by atoms with Crippen molar-refractivity contribution >= 4 is 23.5 Å². The molecule has 0 unspecified atom stereocenters. The van der Waals surface area contributed by atoms with E-state index in [2.05, 4.69) is 30.9 Å². The fourth-order valence-electron chi connectivity index (χ4n) is 2.89. The van der Waals surface area contributed by atoms with E-state index in [9.17, 15) is 19.2 Å². The lowest BCUT2D eigenvalue weighted by Crippen LogP contribution is -2.50. The maximum absolute atomic E-state index is 12.8. The lowest BCUT2D eigenvalue weighted by molar-refractivity contribution is -0.140. The average molecular weight is 446 g/mol. The fourth-order valence-corrected chi connectivity index (χ4v) is 2.89. The molecule has 0 aliphatic heterocycles. The van der Waals surface area contributed by atoms with Crippen molar-refractivity contribution in [2.75, 3.05) is 6.54 Å². The number of carbonyl (C=O) groups excluding carboxylic acids is 4. The second kappa shape index (κ2) is 11.8. The van der Waals surface area contributed by atoms with Crippen LogP contribution in [0, 0.1) is 0 Å². The van der Waals surface area contributed by atoms with Crippen molar-refractivity contribution in [2.24, 2.45) is 0 Å². The SMILES string of the molecule is O=C(CNC(=O)c1cnccn1)N[C@H](Cc1ccccc1)C(=O)C(=O)NCc1ccccn1. The quantitative estimate of drug-likeness (QED) is 0.378. The van der Waals surface area contributed by atoms with Crippen LogP contribution in [0.1, 0.15) is 21.7 Å². The zero-order chi connectivity index (χ0) is 23.5. The van der Waals surface area contributed by atoms with Gasteiger partial charge in [-0.05, 0) is 17.7 Å². The number of nitrogens with zero attached hydrogens (tertiary/aromatic N) is 3. The third kappa shape index (κ3) is 7.31. The molecule has 2 heterocycles. The van der Waals surface area contributed by atoms with Crippen molar-refractivity contribution in [3.63, 3.8) is 0 Å². The van der Waals surface area contributed by atoms with Crippen molar-refractivity contribution in [1.82, 2.24) is 30.9 Å². The van der Waals surface area contributed by atoms with E-state index in [-0.39, 0.29) is 18.7 Å². The van der Waals surface area contributed by atoms with Gasteiger partial charge in [-0.1, -0.05) is 36.4 Å². The molecule has 0 aliphatic carbocycles.